The molecule has 2 fully saturated rings. The zero-order chi connectivity index (χ0) is 18.4. The van der Waals surface area contributed by atoms with Crippen LogP contribution in [0.15, 0.2) is 12.5 Å². The smallest absolute Gasteiger partial charge is 0.227 e. The van der Waals surface area contributed by atoms with E-state index in [1.54, 1.807) is 12.5 Å². The van der Waals surface area contributed by atoms with Crippen LogP contribution in [0.1, 0.15) is 32.7 Å². The molecule has 2 aromatic rings. The highest BCUT2D eigenvalue weighted by atomic mass is 16.3. The number of imidazole rings is 1. The Kier molecular flexibility index (Phi) is 4.28. The minimum absolute atomic E-state index is 0.0192. The number of hydrogen-bond acceptors (Lipinski definition) is 7. The average molecular weight is 360 g/mol. The maximum atomic E-state index is 11.2. The fourth-order valence-electron chi connectivity index (χ4n) is 4.06. The van der Waals surface area contributed by atoms with Crippen molar-refractivity contribution in [1.82, 2.24) is 24.8 Å². The third-order valence-corrected chi connectivity index (χ3v) is 5.48. The van der Waals surface area contributed by atoms with E-state index < -0.39 is 12.2 Å². The highest BCUT2D eigenvalue weighted by Crippen LogP contribution is 2.36. The number of aliphatic hydroxyl groups excluding tert-OH is 2. The van der Waals surface area contributed by atoms with Gasteiger partial charge in [-0.3, -0.25) is 4.79 Å². The number of anilines is 1. The predicted molar refractivity (Wildman–Crippen MR) is 94.6 cm³/mol. The van der Waals surface area contributed by atoms with Crippen molar-refractivity contribution in [2.75, 3.05) is 18.0 Å². The van der Waals surface area contributed by atoms with E-state index in [1.165, 1.54) is 6.92 Å². The first-order valence-electron chi connectivity index (χ1n) is 9.02. The van der Waals surface area contributed by atoms with Crippen molar-refractivity contribution in [3.8, 4) is 0 Å². The molecule has 0 radical (unpaired) electrons. The lowest BCUT2D eigenvalue weighted by Gasteiger charge is -2.19. The summed E-state index contributed by atoms with van der Waals surface area (Å²) in [5, 5.41) is 23.4. The molecule has 0 unspecified atom stereocenters. The van der Waals surface area contributed by atoms with Crippen LogP contribution in [0.25, 0.3) is 11.2 Å². The summed E-state index contributed by atoms with van der Waals surface area (Å²) >= 11 is 0. The standard InChI is InChI=1S/C17H24N6O3/c1-9-5-13(15(26)14(9)25)23-8-19-12-6-18-17(21-16(12)23)22-4-3-11(7-22)20-10(2)24/h6,8-9,11,13-15,25-26H,3-5,7H2,1-2H3,(H,20,24)/t9-,11+,13+,14+,15-/m0/s1. The molecule has 1 aliphatic carbocycles. The lowest BCUT2D eigenvalue weighted by atomic mass is 10.1. The number of fused-ring (bicyclic) bond motifs is 1. The Morgan fingerprint density at radius 2 is 2.12 bits per heavy atom. The fraction of sp³-hybridized carbons (Fsp3) is 0.647. The number of hydrogen-bond donors (Lipinski definition) is 3. The summed E-state index contributed by atoms with van der Waals surface area (Å²) in [4.78, 5) is 26.7. The highest BCUT2D eigenvalue weighted by Gasteiger charge is 2.40. The molecule has 0 bridgehead atoms. The number of nitrogens with one attached hydrogen (secondary N) is 1. The number of carbonyl (C=O) groups excluding carboxylic acids is 1. The minimum atomic E-state index is -0.836. The predicted octanol–water partition coefficient (Wildman–Crippen LogP) is -0.156. The quantitative estimate of drug-likeness (QED) is 0.696. The van der Waals surface area contributed by atoms with Crippen LogP contribution < -0.4 is 10.2 Å². The van der Waals surface area contributed by atoms with Gasteiger partial charge in [-0.05, 0) is 18.8 Å². The Balaban J connectivity index is 1.61. The molecule has 1 aliphatic heterocycles. The van der Waals surface area contributed by atoms with Gasteiger partial charge in [-0.1, -0.05) is 6.92 Å². The van der Waals surface area contributed by atoms with Gasteiger partial charge in [0, 0.05) is 26.1 Å². The highest BCUT2D eigenvalue weighted by molar-refractivity contribution is 5.73. The second-order valence-electron chi connectivity index (χ2n) is 7.42. The van der Waals surface area contributed by atoms with Crippen LogP contribution in [-0.4, -0.2) is 67.0 Å². The van der Waals surface area contributed by atoms with E-state index >= 15 is 0 Å². The summed E-state index contributed by atoms with van der Waals surface area (Å²) in [6, 6.07) is -0.150. The molecule has 4 rings (SSSR count). The summed E-state index contributed by atoms with van der Waals surface area (Å²) in [5.41, 5.74) is 1.32. The minimum Gasteiger partial charge on any atom is -0.390 e. The third kappa shape index (κ3) is 2.90. The van der Waals surface area contributed by atoms with Crippen LogP contribution in [0.4, 0.5) is 5.95 Å². The van der Waals surface area contributed by atoms with Crippen LogP contribution in [0, 0.1) is 5.92 Å². The van der Waals surface area contributed by atoms with Crippen LogP contribution in [-0.2, 0) is 4.79 Å². The second kappa shape index (κ2) is 6.48. The molecular weight excluding hydrogens is 336 g/mol. The first-order chi connectivity index (χ1) is 12.4. The van der Waals surface area contributed by atoms with Gasteiger partial charge in [0.2, 0.25) is 11.9 Å². The normalized spacial score (nSPS) is 31.7. The second-order valence-corrected chi connectivity index (χ2v) is 7.42. The number of aromatic nitrogens is 4. The molecule has 26 heavy (non-hydrogen) atoms. The van der Waals surface area contributed by atoms with Gasteiger partial charge in [-0.2, -0.15) is 4.98 Å². The first-order valence-corrected chi connectivity index (χ1v) is 9.02. The molecule has 3 N–H and O–H groups in total. The third-order valence-electron chi connectivity index (χ3n) is 5.48. The van der Waals surface area contributed by atoms with Gasteiger partial charge < -0.3 is 25.0 Å². The Labute approximate surface area is 151 Å². The monoisotopic (exact) mass is 360 g/mol. The molecular formula is C17H24N6O3. The Hall–Kier alpha value is -2.26. The van der Waals surface area contributed by atoms with Crippen molar-refractivity contribution < 1.29 is 15.0 Å². The van der Waals surface area contributed by atoms with Crippen molar-refractivity contribution >= 4 is 23.0 Å². The van der Waals surface area contributed by atoms with Crippen molar-refractivity contribution in [2.45, 2.75) is 51.0 Å². The molecule has 1 saturated heterocycles. The van der Waals surface area contributed by atoms with Gasteiger partial charge in [0.25, 0.3) is 0 Å². The van der Waals surface area contributed by atoms with Gasteiger partial charge in [-0.15, -0.1) is 0 Å². The van der Waals surface area contributed by atoms with E-state index in [0.717, 1.165) is 13.0 Å². The van der Waals surface area contributed by atoms with Crippen LogP contribution >= 0.6 is 0 Å². The van der Waals surface area contributed by atoms with E-state index in [0.29, 0.717) is 30.1 Å². The van der Waals surface area contributed by atoms with Crippen LogP contribution in [0.5, 0.6) is 0 Å². The lowest BCUT2D eigenvalue weighted by Crippen LogP contribution is -2.35. The first kappa shape index (κ1) is 17.2. The molecule has 9 nitrogen and oxygen atoms in total. The molecule has 5 atom stereocenters. The molecule has 0 aromatic carbocycles. The van der Waals surface area contributed by atoms with E-state index in [4.69, 9.17) is 0 Å². The maximum absolute atomic E-state index is 11.2. The number of rotatable bonds is 3. The SMILES string of the molecule is CC(=O)N[C@@H]1CCN(c2ncc3ncn([C@@H]4C[C@H](C)[C@@H](O)[C@H]4O)c3n2)C1. The van der Waals surface area contributed by atoms with Crippen molar-refractivity contribution in [1.29, 1.82) is 0 Å². The summed E-state index contributed by atoms with van der Waals surface area (Å²) in [6.45, 7) is 4.89. The Morgan fingerprint density at radius 1 is 1.31 bits per heavy atom. The maximum Gasteiger partial charge on any atom is 0.227 e. The summed E-state index contributed by atoms with van der Waals surface area (Å²) in [5.74, 6) is 0.577. The van der Waals surface area contributed by atoms with Gasteiger partial charge in [0.15, 0.2) is 5.65 Å². The van der Waals surface area contributed by atoms with E-state index in [-0.39, 0.29) is 23.9 Å². The number of carbonyl (C=O) groups is 1. The molecule has 0 spiro atoms. The number of aliphatic hydroxyl groups is 2. The Bertz CT molecular complexity index is 824. The van der Waals surface area contributed by atoms with E-state index in [2.05, 4.69) is 20.3 Å². The molecule has 2 aromatic heterocycles. The summed E-state index contributed by atoms with van der Waals surface area (Å²) < 4.78 is 1.85. The van der Waals surface area contributed by atoms with Crippen LogP contribution in [0.2, 0.25) is 0 Å². The van der Waals surface area contributed by atoms with Crippen LogP contribution in [0.3, 0.4) is 0 Å². The molecule has 1 saturated carbocycles. The average Bonchev–Trinajstić information content (AvgIpc) is 3.29. The topological polar surface area (TPSA) is 116 Å². The van der Waals surface area contributed by atoms with Crippen molar-refractivity contribution in [3.63, 3.8) is 0 Å². The van der Waals surface area contributed by atoms with E-state index in [1.807, 2.05) is 16.4 Å². The molecule has 2 aliphatic rings. The lowest BCUT2D eigenvalue weighted by molar-refractivity contribution is -0.119. The summed E-state index contributed by atoms with van der Waals surface area (Å²) in [6.07, 6.45) is 3.28. The zero-order valence-electron chi connectivity index (χ0n) is 14.9. The number of nitrogens with zero attached hydrogens (tertiary/aromatic N) is 5. The molecule has 9 heteroatoms. The largest absolute Gasteiger partial charge is 0.390 e. The molecule has 3 heterocycles. The van der Waals surface area contributed by atoms with Gasteiger partial charge >= 0.3 is 0 Å². The summed E-state index contributed by atoms with van der Waals surface area (Å²) in [7, 11) is 0. The van der Waals surface area contributed by atoms with Gasteiger partial charge in [-0.25, -0.2) is 9.97 Å². The van der Waals surface area contributed by atoms with Crippen molar-refractivity contribution in [3.05, 3.63) is 12.5 Å². The molecule has 1 amide bonds. The van der Waals surface area contributed by atoms with E-state index in [9.17, 15) is 15.0 Å². The fourth-order valence-corrected chi connectivity index (χ4v) is 4.06. The number of amides is 1. The zero-order valence-corrected chi connectivity index (χ0v) is 14.9. The van der Waals surface area contributed by atoms with Gasteiger partial charge in [0.05, 0.1) is 24.7 Å². The van der Waals surface area contributed by atoms with Gasteiger partial charge in [0.1, 0.15) is 11.6 Å². The molecule has 140 valence electrons. The Morgan fingerprint density at radius 3 is 2.81 bits per heavy atom. The van der Waals surface area contributed by atoms with Crippen molar-refractivity contribution in [2.24, 2.45) is 5.92 Å².